The zero-order valence-electron chi connectivity index (χ0n) is 51.5. The maximum Gasteiger partial charge on any atom is 0.0641 e. The summed E-state index contributed by atoms with van der Waals surface area (Å²) in [6, 6.07) is 105. The monoisotopic (exact) mass is 1150 g/mol. The molecule has 0 aliphatic heterocycles. The van der Waals surface area contributed by atoms with Crippen LogP contribution < -0.4 is 9.80 Å². The van der Waals surface area contributed by atoms with E-state index in [2.05, 4.69) is 339 Å². The van der Waals surface area contributed by atoms with Gasteiger partial charge in [-0.25, -0.2) is 0 Å². The third kappa shape index (κ3) is 8.21. The average molecular weight is 1160 g/mol. The van der Waals surface area contributed by atoms with Crippen LogP contribution in [0.4, 0.5) is 34.1 Å². The molecule has 0 saturated carbocycles. The fraction of sp³-hybridized carbons (Fsp3) is 0.0930. The third-order valence-corrected chi connectivity index (χ3v) is 19.2. The van der Waals surface area contributed by atoms with Gasteiger partial charge in [-0.05, 0) is 144 Å². The third-order valence-electron chi connectivity index (χ3n) is 19.2. The molecule has 0 saturated heterocycles. The van der Waals surface area contributed by atoms with Crippen molar-refractivity contribution in [2.75, 3.05) is 9.80 Å². The molecule has 0 aliphatic carbocycles. The van der Waals surface area contributed by atoms with Gasteiger partial charge in [0.2, 0.25) is 0 Å². The van der Waals surface area contributed by atoms with Crippen molar-refractivity contribution in [2.45, 2.75) is 53.4 Å². The highest BCUT2D eigenvalue weighted by Gasteiger charge is 2.31. The second kappa shape index (κ2) is 20.9. The molecule has 4 aromatic heterocycles. The highest BCUT2D eigenvalue weighted by Crippen LogP contribution is 2.55. The first kappa shape index (κ1) is 53.3. The molecule has 0 spiro atoms. The zero-order chi connectivity index (χ0) is 60.5. The van der Waals surface area contributed by atoms with Crippen molar-refractivity contribution in [3.8, 4) is 44.5 Å². The molecule has 0 N–H and O–H groups in total. The van der Waals surface area contributed by atoms with E-state index in [1.54, 1.807) is 0 Å². The molecule has 17 aromatic rings. The van der Waals surface area contributed by atoms with Crippen LogP contribution in [-0.2, 0) is 0 Å². The maximum atomic E-state index is 2.58. The lowest BCUT2D eigenvalue weighted by atomic mass is 9.93. The number of aromatic nitrogens is 2. The molecule has 430 valence electrons. The molecule has 0 unspecified atom stereocenters. The molecule has 4 nitrogen and oxygen atoms in total. The Kier molecular flexibility index (Phi) is 12.4. The number of nitrogens with zero attached hydrogens (tertiary/aromatic N) is 4. The Morgan fingerprint density at radius 3 is 0.922 bits per heavy atom. The van der Waals surface area contributed by atoms with Crippen molar-refractivity contribution in [2.24, 2.45) is 0 Å². The molecular formula is C86H66N4. The van der Waals surface area contributed by atoms with Gasteiger partial charge in [0.1, 0.15) is 0 Å². The smallest absolute Gasteiger partial charge is 0.0641 e. The lowest BCUT2D eigenvalue weighted by Crippen LogP contribution is -2.13. The molecule has 0 fully saturated rings. The van der Waals surface area contributed by atoms with Gasteiger partial charge in [0.15, 0.2) is 0 Å². The fourth-order valence-electron chi connectivity index (χ4n) is 14.9. The van der Waals surface area contributed by atoms with E-state index in [1.165, 1.54) is 143 Å². The molecule has 0 atom stereocenters. The summed E-state index contributed by atoms with van der Waals surface area (Å²) in [5, 5.41) is 9.83. The Morgan fingerprint density at radius 2 is 0.567 bits per heavy atom. The Hall–Kier alpha value is -10.9. The second-order valence-corrected chi connectivity index (χ2v) is 25.3. The van der Waals surface area contributed by atoms with Crippen molar-refractivity contribution in [1.29, 1.82) is 0 Å². The lowest BCUT2D eigenvalue weighted by molar-refractivity contribution is 0.867. The van der Waals surface area contributed by atoms with Gasteiger partial charge < -0.3 is 18.6 Å². The van der Waals surface area contributed by atoms with Crippen LogP contribution in [0.5, 0.6) is 0 Å². The molecule has 0 aliphatic rings. The summed E-state index contributed by atoms with van der Waals surface area (Å²) in [5.74, 6) is 0.702. The van der Waals surface area contributed by atoms with Crippen LogP contribution >= 0.6 is 0 Å². The topological polar surface area (TPSA) is 15.3 Å². The minimum absolute atomic E-state index is 0.351. The van der Waals surface area contributed by atoms with Crippen LogP contribution in [0.2, 0.25) is 0 Å². The van der Waals surface area contributed by atoms with Crippen molar-refractivity contribution < 1.29 is 0 Å². The Labute approximate surface area is 525 Å². The quantitative estimate of drug-likeness (QED) is 0.121. The van der Waals surface area contributed by atoms with Gasteiger partial charge in [-0.15, -0.1) is 0 Å². The highest BCUT2D eigenvalue weighted by molar-refractivity contribution is 6.32. The van der Waals surface area contributed by atoms with E-state index in [0.29, 0.717) is 11.8 Å². The summed E-state index contributed by atoms with van der Waals surface area (Å²) in [6.07, 6.45) is 0. The van der Waals surface area contributed by atoms with Gasteiger partial charge in [0, 0.05) is 65.3 Å². The molecule has 0 bridgehead atoms. The summed E-state index contributed by atoms with van der Waals surface area (Å²) < 4.78 is 5.16. The number of benzene rings is 13. The molecule has 17 rings (SSSR count). The van der Waals surface area contributed by atoms with Gasteiger partial charge in [-0.2, -0.15) is 0 Å². The molecule has 13 aromatic carbocycles. The zero-order valence-corrected chi connectivity index (χ0v) is 51.5. The number of hydrogen-bond acceptors (Lipinski definition) is 2. The van der Waals surface area contributed by atoms with E-state index in [0.717, 1.165) is 34.1 Å². The summed E-state index contributed by atoms with van der Waals surface area (Å²) in [7, 11) is 0. The number of fused-ring (bicyclic) bond motifs is 12. The van der Waals surface area contributed by atoms with Crippen molar-refractivity contribution in [3.05, 3.63) is 301 Å². The number of hydrogen-bond donors (Lipinski definition) is 0. The number of rotatable bonds is 12. The van der Waals surface area contributed by atoms with Gasteiger partial charge in [0.05, 0.1) is 67.2 Å². The molecular weight excluding hydrogens is 1090 g/mol. The summed E-state index contributed by atoms with van der Waals surface area (Å²) >= 11 is 0. The van der Waals surface area contributed by atoms with E-state index in [-0.39, 0.29) is 0 Å². The first-order valence-corrected chi connectivity index (χ1v) is 31.8. The summed E-state index contributed by atoms with van der Waals surface area (Å²) in [5.41, 5.74) is 28.6. The van der Waals surface area contributed by atoms with Crippen molar-refractivity contribution in [3.63, 3.8) is 0 Å². The fourth-order valence-corrected chi connectivity index (χ4v) is 14.9. The van der Waals surface area contributed by atoms with Crippen LogP contribution in [0, 0.1) is 13.8 Å². The van der Waals surface area contributed by atoms with Gasteiger partial charge >= 0.3 is 0 Å². The molecule has 4 heteroatoms. The number of aryl methyl sites for hydroxylation is 2. The summed E-state index contributed by atoms with van der Waals surface area (Å²) in [4.78, 5) is 5.15. The van der Waals surface area contributed by atoms with Crippen LogP contribution in [0.1, 0.15) is 61.8 Å². The Bertz CT molecular complexity index is 5270. The van der Waals surface area contributed by atoms with E-state index in [4.69, 9.17) is 0 Å². The van der Waals surface area contributed by atoms with Crippen molar-refractivity contribution in [1.82, 2.24) is 8.80 Å². The van der Waals surface area contributed by atoms with Crippen LogP contribution in [0.15, 0.2) is 279 Å². The SMILES string of the molecule is Cc1ccc(N(c2ccc(C(C)C)cc2-c2ccccc2)c2ccc3c4cc5c(cc4n4c6ccccc6c2c34)c2ccc(N(c3ccc(C)cc3-c3ccccc3)c3ccc(C(C)C)cc3-c3ccccc3)c3c4ccccc4n5c23)c(-c2ccccc2)c1. The predicted molar refractivity (Wildman–Crippen MR) is 385 cm³/mol. The van der Waals surface area contributed by atoms with Gasteiger partial charge in [-0.3, -0.25) is 0 Å². The molecule has 90 heavy (non-hydrogen) atoms. The Balaban J connectivity index is 0.952. The first-order chi connectivity index (χ1) is 44.2. The Morgan fingerprint density at radius 1 is 0.256 bits per heavy atom. The number of para-hydroxylation sites is 2. The minimum Gasteiger partial charge on any atom is -0.309 e. The highest BCUT2D eigenvalue weighted by atomic mass is 15.2. The van der Waals surface area contributed by atoms with Crippen LogP contribution in [-0.4, -0.2) is 8.80 Å². The largest absolute Gasteiger partial charge is 0.309 e. The molecule has 4 heterocycles. The van der Waals surface area contributed by atoms with Crippen LogP contribution in [0.3, 0.4) is 0 Å². The van der Waals surface area contributed by atoms with Gasteiger partial charge in [0.25, 0.3) is 0 Å². The van der Waals surface area contributed by atoms with Crippen molar-refractivity contribution >= 4 is 110 Å². The normalized spacial score (nSPS) is 12.1. The van der Waals surface area contributed by atoms with Gasteiger partial charge in [-0.1, -0.05) is 233 Å². The van der Waals surface area contributed by atoms with E-state index >= 15 is 0 Å². The molecule has 0 amide bonds. The maximum absolute atomic E-state index is 2.58. The average Bonchev–Trinajstić information content (AvgIpc) is 1.76. The lowest BCUT2D eigenvalue weighted by Gasteiger charge is -2.31. The standard InChI is InChI=1S/C86H66N4/c1-53(2)61-37-43-77(69(49-61)59-27-15-9-16-28-59)87(75-41-35-55(5)47-67(75)57-23-11-7-12-24-57)79-45-39-63-71-51-82-72(52-81(71)89-73-33-21-19-31-65(73)83(79)85(63)89)64-40-46-80(84-66-32-20-22-34-74(66)90(82)86(64)84)88(76-42-36-56(6)48-68(76)58-25-13-8-14-26-58)78-44-38-62(54(3)4)50-70(78)60-29-17-10-18-30-60/h7-54H,1-6H3. The summed E-state index contributed by atoms with van der Waals surface area (Å²) in [6.45, 7) is 13.6. The van der Waals surface area contributed by atoms with E-state index in [1.807, 2.05) is 0 Å². The van der Waals surface area contributed by atoms with E-state index in [9.17, 15) is 0 Å². The number of anilines is 6. The first-order valence-electron chi connectivity index (χ1n) is 31.8. The minimum atomic E-state index is 0.351. The van der Waals surface area contributed by atoms with E-state index < -0.39 is 0 Å². The molecule has 0 radical (unpaired) electrons. The second-order valence-electron chi connectivity index (χ2n) is 25.3. The predicted octanol–water partition coefficient (Wildman–Crippen LogP) is 24.5. The van der Waals surface area contributed by atoms with Crippen LogP contribution in [0.25, 0.3) is 121 Å².